The van der Waals surface area contributed by atoms with Crippen molar-refractivity contribution in [3.63, 3.8) is 0 Å². The van der Waals surface area contributed by atoms with Crippen LogP contribution in [0.1, 0.15) is 24.6 Å². The second kappa shape index (κ2) is 7.58. The summed E-state index contributed by atoms with van der Waals surface area (Å²) in [4.78, 5) is 4.17. The molecule has 1 unspecified atom stereocenters. The zero-order valence-electron chi connectivity index (χ0n) is 15.0. The summed E-state index contributed by atoms with van der Waals surface area (Å²) in [5.74, 6) is 0.238. The molecule has 1 aliphatic rings. The van der Waals surface area contributed by atoms with Gasteiger partial charge < -0.3 is 15.8 Å². The Bertz CT molecular complexity index is 1020. The van der Waals surface area contributed by atoms with E-state index >= 15 is 0 Å². The van der Waals surface area contributed by atoms with Gasteiger partial charge >= 0.3 is 0 Å². The highest BCUT2D eigenvalue weighted by Crippen LogP contribution is 2.38. The third-order valence-corrected chi connectivity index (χ3v) is 5.44. The van der Waals surface area contributed by atoms with Gasteiger partial charge in [-0.3, -0.25) is 4.68 Å². The third kappa shape index (κ3) is 3.53. The molecule has 0 aliphatic carbocycles. The number of pyridine rings is 1. The zero-order chi connectivity index (χ0) is 19.8. The molecule has 9 heteroatoms. The minimum absolute atomic E-state index is 0.0612. The van der Waals surface area contributed by atoms with E-state index in [1.54, 1.807) is 25.4 Å². The van der Waals surface area contributed by atoms with Crippen molar-refractivity contribution in [1.82, 2.24) is 20.1 Å². The summed E-state index contributed by atoms with van der Waals surface area (Å²) < 4.78 is 21.9. The molecule has 6 nitrogen and oxygen atoms in total. The molecule has 4 rings (SSSR count). The topological polar surface area (TPSA) is 78.0 Å². The Morgan fingerprint density at radius 2 is 2.11 bits per heavy atom. The Hall–Kier alpha value is -2.35. The molecule has 0 saturated carbocycles. The molecule has 1 saturated heterocycles. The number of rotatable bonds is 5. The molecule has 0 amide bonds. The standard InChI is InChI=1S/C19H18Cl2FN5O/c1-10(18-14(20)2-3-15(22)19(18)21)28-16-4-17(23)25-8-13(16)11-5-26-27(9-11)12-6-24-7-12/h2-5,8-10,12,24H,6-7H2,1H3,(H2,23,25). The van der Waals surface area contributed by atoms with Gasteiger partial charge in [0.05, 0.1) is 17.3 Å². The molecule has 1 aromatic carbocycles. The fourth-order valence-corrected chi connectivity index (χ4v) is 3.75. The monoisotopic (exact) mass is 421 g/mol. The molecular weight excluding hydrogens is 404 g/mol. The predicted octanol–water partition coefficient (Wildman–Crippen LogP) is 4.26. The summed E-state index contributed by atoms with van der Waals surface area (Å²) in [7, 11) is 0. The van der Waals surface area contributed by atoms with Crippen molar-refractivity contribution in [2.24, 2.45) is 0 Å². The lowest BCUT2D eigenvalue weighted by Crippen LogP contribution is -2.43. The van der Waals surface area contributed by atoms with Crippen LogP contribution in [-0.4, -0.2) is 27.9 Å². The first-order chi connectivity index (χ1) is 13.4. The van der Waals surface area contributed by atoms with Gasteiger partial charge in [-0.25, -0.2) is 9.37 Å². The van der Waals surface area contributed by atoms with E-state index in [1.807, 2.05) is 10.9 Å². The summed E-state index contributed by atoms with van der Waals surface area (Å²) in [5, 5.41) is 7.91. The molecule has 1 aliphatic heterocycles. The van der Waals surface area contributed by atoms with Gasteiger partial charge in [0.15, 0.2) is 0 Å². The van der Waals surface area contributed by atoms with Crippen LogP contribution in [0.2, 0.25) is 10.0 Å². The van der Waals surface area contributed by atoms with Crippen molar-refractivity contribution >= 4 is 29.0 Å². The SMILES string of the molecule is CC(Oc1cc(N)ncc1-c1cnn(C2CNC2)c1)c1c(Cl)ccc(F)c1Cl. The first-order valence-corrected chi connectivity index (χ1v) is 9.50. The number of hydrogen-bond donors (Lipinski definition) is 2. The Balaban J connectivity index is 1.67. The predicted molar refractivity (Wildman–Crippen MR) is 107 cm³/mol. The van der Waals surface area contributed by atoms with Crippen LogP contribution in [0.15, 0.2) is 36.8 Å². The van der Waals surface area contributed by atoms with Gasteiger partial charge in [0.25, 0.3) is 0 Å². The fraction of sp³-hybridized carbons (Fsp3) is 0.263. The van der Waals surface area contributed by atoms with E-state index in [4.69, 9.17) is 33.7 Å². The number of hydrogen-bond acceptors (Lipinski definition) is 5. The smallest absolute Gasteiger partial charge is 0.142 e. The number of nitrogens with one attached hydrogen (secondary N) is 1. The fourth-order valence-electron chi connectivity index (χ4n) is 3.07. The number of nitrogens with zero attached hydrogens (tertiary/aromatic N) is 3. The van der Waals surface area contributed by atoms with Gasteiger partial charge in [-0.2, -0.15) is 5.10 Å². The van der Waals surface area contributed by atoms with Gasteiger partial charge in [0.2, 0.25) is 0 Å². The van der Waals surface area contributed by atoms with Crippen LogP contribution in [0.25, 0.3) is 11.1 Å². The van der Waals surface area contributed by atoms with Gasteiger partial charge in [0, 0.05) is 53.3 Å². The summed E-state index contributed by atoms with van der Waals surface area (Å²) in [6.07, 6.45) is 4.72. The average Bonchev–Trinajstić information content (AvgIpc) is 3.06. The van der Waals surface area contributed by atoms with Crippen molar-refractivity contribution in [3.8, 4) is 16.9 Å². The Kier molecular flexibility index (Phi) is 5.14. The van der Waals surface area contributed by atoms with E-state index in [1.165, 1.54) is 12.1 Å². The number of nitrogens with two attached hydrogens (primary N) is 1. The minimum Gasteiger partial charge on any atom is -0.485 e. The minimum atomic E-state index is -0.609. The number of nitrogen functional groups attached to an aromatic ring is 1. The molecular formula is C19H18Cl2FN5O. The Morgan fingerprint density at radius 1 is 1.32 bits per heavy atom. The Labute approximate surface area is 171 Å². The van der Waals surface area contributed by atoms with E-state index in [9.17, 15) is 4.39 Å². The second-order valence-corrected chi connectivity index (χ2v) is 7.43. The van der Waals surface area contributed by atoms with Crippen LogP contribution in [0.5, 0.6) is 5.75 Å². The molecule has 0 radical (unpaired) electrons. The number of aromatic nitrogens is 3. The maximum Gasteiger partial charge on any atom is 0.142 e. The molecule has 3 heterocycles. The Morgan fingerprint density at radius 3 is 2.82 bits per heavy atom. The van der Waals surface area contributed by atoms with Crippen LogP contribution in [0.3, 0.4) is 0 Å². The van der Waals surface area contributed by atoms with Gasteiger partial charge in [-0.1, -0.05) is 23.2 Å². The summed E-state index contributed by atoms with van der Waals surface area (Å²) >= 11 is 12.3. The quantitative estimate of drug-likeness (QED) is 0.601. The van der Waals surface area contributed by atoms with Crippen molar-refractivity contribution in [2.75, 3.05) is 18.8 Å². The summed E-state index contributed by atoms with van der Waals surface area (Å²) in [6.45, 7) is 3.52. The van der Waals surface area contributed by atoms with Crippen molar-refractivity contribution in [1.29, 1.82) is 0 Å². The molecule has 2 aromatic heterocycles. The molecule has 1 fully saturated rings. The van der Waals surface area contributed by atoms with E-state index in [0.717, 1.165) is 24.2 Å². The van der Waals surface area contributed by atoms with Gasteiger partial charge in [-0.05, 0) is 19.1 Å². The maximum absolute atomic E-state index is 13.9. The van der Waals surface area contributed by atoms with E-state index in [-0.39, 0.29) is 5.02 Å². The van der Waals surface area contributed by atoms with Crippen molar-refractivity contribution in [3.05, 3.63) is 58.2 Å². The van der Waals surface area contributed by atoms with Crippen LogP contribution in [0.4, 0.5) is 10.2 Å². The molecule has 1 atom stereocenters. The second-order valence-electron chi connectivity index (χ2n) is 6.64. The van der Waals surface area contributed by atoms with Gasteiger partial charge in [0.1, 0.15) is 23.5 Å². The van der Waals surface area contributed by atoms with E-state index < -0.39 is 11.9 Å². The third-order valence-electron chi connectivity index (χ3n) is 4.72. The van der Waals surface area contributed by atoms with Crippen LogP contribution >= 0.6 is 23.2 Å². The molecule has 28 heavy (non-hydrogen) atoms. The maximum atomic E-state index is 13.9. The van der Waals surface area contributed by atoms with Crippen LogP contribution < -0.4 is 15.8 Å². The lowest BCUT2D eigenvalue weighted by molar-refractivity contribution is 0.227. The lowest BCUT2D eigenvalue weighted by atomic mass is 10.1. The van der Waals surface area contributed by atoms with E-state index in [2.05, 4.69) is 15.4 Å². The largest absolute Gasteiger partial charge is 0.485 e. The van der Waals surface area contributed by atoms with Crippen LogP contribution in [0, 0.1) is 5.82 Å². The molecule has 3 aromatic rings. The van der Waals surface area contributed by atoms with E-state index in [0.29, 0.717) is 28.2 Å². The number of halogens is 3. The lowest BCUT2D eigenvalue weighted by Gasteiger charge is -2.27. The highest BCUT2D eigenvalue weighted by Gasteiger charge is 2.23. The highest BCUT2D eigenvalue weighted by atomic mass is 35.5. The number of anilines is 1. The zero-order valence-corrected chi connectivity index (χ0v) is 16.5. The average molecular weight is 422 g/mol. The van der Waals surface area contributed by atoms with Crippen molar-refractivity contribution in [2.45, 2.75) is 19.1 Å². The molecule has 3 N–H and O–H groups in total. The number of benzene rings is 1. The van der Waals surface area contributed by atoms with Crippen molar-refractivity contribution < 1.29 is 9.13 Å². The molecule has 146 valence electrons. The molecule has 0 spiro atoms. The van der Waals surface area contributed by atoms with Crippen LogP contribution in [-0.2, 0) is 0 Å². The molecule has 0 bridgehead atoms. The number of ether oxygens (including phenoxy) is 1. The highest BCUT2D eigenvalue weighted by molar-refractivity contribution is 6.36. The summed E-state index contributed by atoms with van der Waals surface area (Å²) in [5.41, 5.74) is 7.80. The normalized spacial score (nSPS) is 15.3. The first-order valence-electron chi connectivity index (χ1n) is 8.75. The van der Waals surface area contributed by atoms with Gasteiger partial charge in [-0.15, -0.1) is 0 Å². The summed E-state index contributed by atoms with van der Waals surface area (Å²) in [6, 6.07) is 4.63. The first kappa shape index (κ1) is 19.0.